The third kappa shape index (κ3) is 4.11. The highest BCUT2D eigenvalue weighted by Gasteiger charge is 2.29. The summed E-state index contributed by atoms with van der Waals surface area (Å²) in [5, 5.41) is 0.0215. The third-order valence-corrected chi connectivity index (χ3v) is 6.47. The van der Waals surface area contributed by atoms with Crippen molar-refractivity contribution in [2.75, 3.05) is 26.2 Å². The monoisotopic (exact) mass is 486 g/mol. The SMILES string of the molecule is CC(=O)N1CCN(C(=O)[C@@H](C)n2c(=O)n(-c3ccc(F)c(Cl)c3)c(=O)c3cc(C)ccc32)CC1. The summed E-state index contributed by atoms with van der Waals surface area (Å²) in [5.74, 6) is -1.03. The maximum atomic E-state index is 13.7. The number of amides is 2. The Balaban J connectivity index is 1.86. The number of rotatable bonds is 3. The molecule has 3 aromatic rings. The molecule has 2 amide bonds. The molecule has 0 spiro atoms. The second-order valence-corrected chi connectivity index (χ2v) is 8.83. The molecule has 1 fully saturated rings. The second kappa shape index (κ2) is 9.06. The zero-order chi connectivity index (χ0) is 24.7. The largest absolute Gasteiger partial charge is 0.339 e. The molecule has 0 saturated carbocycles. The number of halogens is 2. The molecule has 0 aliphatic carbocycles. The Bertz CT molecular complexity index is 1420. The minimum absolute atomic E-state index is 0.0530. The summed E-state index contributed by atoms with van der Waals surface area (Å²) in [6.07, 6.45) is 0. The second-order valence-electron chi connectivity index (χ2n) is 8.42. The first-order chi connectivity index (χ1) is 16.1. The Hall–Kier alpha value is -3.46. The fraction of sp³-hybridized carbons (Fsp3) is 0.333. The van der Waals surface area contributed by atoms with E-state index < -0.39 is 23.1 Å². The van der Waals surface area contributed by atoms with Crippen LogP contribution in [0.5, 0.6) is 0 Å². The van der Waals surface area contributed by atoms with Gasteiger partial charge in [0.2, 0.25) is 11.8 Å². The zero-order valence-corrected chi connectivity index (χ0v) is 19.8. The quantitative estimate of drug-likeness (QED) is 0.569. The minimum Gasteiger partial charge on any atom is -0.339 e. The van der Waals surface area contributed by atoms with Gasteiger partial charge in [-0.25, -0.2) is 13.8 Å². The predicted molar refractivity (Wildman–Crippen MR) is 127 cm³/mol. The van der Waals surface area contributed by atoms with Gasteiger partial charge >= 0.3 is 5.69 Å². The van der Waals surface area contributed by atoms with E-state index in [1.54, 1.807) is 34.9 Å². The molecule has 10 heteroatoms. The minimum atomic E-state index is -0.927. The number of hydrogen-bond donors (Lipinski definition) is 0. The summed E-state index contributed by atoms with van der Waals surface area (Å²) in [7, 11) is 0. The Labute approximate surface area is 199 Å². The lowest BCUT2D eigenvalue weighted by Crippen LogP contribution is -2.52. The van der Waals surface area contributed by atoms with E-state index in [0.29, 0.717) is 31.7 Å². The van der Waals surface area contributed by atoms with Gasteiger partial charge in [0.25, 0.3) is 5.56 Å². The number of piperazine rings is 1. The molecule has 0 radical (unpaired) electrons. The van der Waals surface area contributed by atoms with E-state index >= 15 is 0 Å². The number of benzene rings is 2. The smallest absolute Gasteiger partial charge is 0.336 e. The molecule has 1 saturated heterocycles. The maximum Gasteiger partial charge on any atom is 0.336 e. The summed E-state index contributed by atoms with van der Waals surface area (Å²) in [5.41, 5.74) is -0.0797. The third-order valence-electron chi connectivity index (χ3n) is 6.19. The van der Waals surface area contributed by atoms with Crippen LogP contribution in [0.3, 0.4) is 0 Å². The number of nitrogens with zero attached hydrogens (tertiary/aromatic N) is 4. The molecule has 8 nitrogen and oxygen atoms in total. The van der Waals surface area contributed by atoms with Crippen LogP contribution in [-0.4, -0.2) is 56.9 Å². The number of carbonyl (C=O) groups is 2. The fourth-order valence-electron chi connectivity index (χ4n) is 4.29. The van der Waals surface area contributed by atoms with Crippen molar-refractivity contribution in [2.45, 2.75) is 26.8 Å². The highest BCUT2D eigenvalue weighted by Crippen LogP contribution is 2.21. The molecule has 1 atom stereocenters. The van der Waals surface area contributed by atoms with E-state index in [1.807, 2.05) is 6.92 Å². The summed E-state index contributed by atoms with van der Waals surface area (Å²) in [6, 6.07) is 7.72. The van der Waals surface area contributed by atoms with Gasteiger partial charge in [-0.05, 0) is 44.2 Å². The number of aromatic nitrogens is 2. The summed E-state index contributed by atoms with van der Waals surface area (Å²) in [6.45, 7) is 6.43. The number of hydrogen-bond acceptors (Lipinski definition) is 4. The van der Waals surface area contributed by atoms with Crippen molar-refractivity contribution in [3.05, 3.63) is 73.6 Å². The van der Waals surface area contributed by atoms with Gasteiger partial charge in [0, 0.05) is 33.1 Å². The number of fused-ring (bicyclic) bond motifs is 1. The first kappa shape index (κ1) is 23.7. The van der Waals surface area contributed by atoms with E-state index in [-0.39, 0.29) is 27.9 Å². The van der Waals surface area contributed by atoms with Crippen molar-refractivity contribution in [1.29, 1.82) is 0 Å². The Morgan fingerprint density at radius 2 is 1.65 bits per heavy atom. The van der Waals surface area contributed by atoms with Crippen LogP contribution in [0.4, 0.5) is 4.39 Å². The average molecular weight is 487 g/mol. The van der Waals surface area contributed by atoms with Gasteiger partial charge < -0.3 is 9.80 Å². The van der Waals surface area contributed by atoms with Crippen molar-refractivity contribution in [1.82, 2.24) is 18.9 Å². The standard InChI is InChI=1S/C24H24ClFN4O4/c1-14-4-7-21-18(12-14)23(33)30(17-5-6-20(26)19(25)13-17)24(34)29(21)15(2)22(32)28-10-8-27(9-11-28)16(3)31/h4-7,12-13,15H,8-11H2,1-3H3/t15-/m1/s1. The van der Waals surface area contributed by atoms with E-state index in [1.165, 1.54) is 23.6 Å². The zero-order valence-electron chi connectivity index (χ0n) is 19.0. The van der Waals surface area contributed by atoms with Gasteiger partial charge in [0.15, 0.2) is 0 Å². The molecule has 1 aliphatic rings. The average Bonchev–Trinajstić information content (AvgIpc) is 2.81. The van der Waals surface area contributed by atoms with Crippen LogP contribution in [-0.2, 0) is 9.59 Å². The first-order valence-corrected chi connectivity index (χ1v) is 11.3. The van der Waals surface area contributed by atoms with Gasteiger partial charge in [-0.15, -0.1) is 0 Å². The van der Waals surface area contributed by atoms with Gasteiger partial charge in [0.05, 0.1) is 21.6 Å². The van der Waals surface area contributed by atoms with Crippen LogP contribution in [0.25, 0.3) is 16.6 Å². The molecule has 4 rings (SSSR count). The lowest BCUT2D eigenvalue weighted by Gasteiger charge is -2.35. The molecule has 0 unspecified atom stereocenters. The van der Waals surface area contributed by atoms with E-state index in [9.17, 15) is 23.6 Å². The molecule has 178 valence electrons. The van der Waals surface area contributed by atoms with Crippen LogP contribution in [0, 0.1) is 12.7 Å². The topological polar surface area (TPSA) is 84.6 Å². The molecule has 1 aromatic heterocycles. The molecule has 0 N–H and O–H groups in total. The molecule has 2 heterocycles. The van der Waals surface area contributed by atoms with Crippen LogP contribution >= 0.6 is 11.6 Å². The lowest BCUT2D eigenvalue weighted by molar-refractivity contribution is -0.140. The van der Waals surface area contributed by atoms with Crippen LogP contribution in [0.15, 0.2) is 46.0 Å². The Morgan fingerprint density at radius 3 is 2.26 bits per heavy atom. The van der Waals surface area contributed by atoms with Gasteiger partial charge in [-0.3, -0.25) is 19.0 Å². The van der Waals surface area contributed by atoms with Crippen LogP contribution in [0.2, 0.25) is 5.02 Å². The normalized spacial score (nSPS) is 15.0. The van der Waals surface area contributed by atoms with E-state index in [2.05, 4.69) is 0 Å². The molecule has 0 bridgehead atoms. The van der Waals surface area contributed by atoms with Crippen molar-refractivity contribution in [3.63, 3.8) is 0 Å². The first-order valence-electron chi connectivity index (χ1n) is 10.9. The van der Waals surface area contributed by atoms with E-state index in [4.69, 9.17) is 11.6 Å². The van der Waals surface area contributed by atoms with Gasteiger partial charge in [0.1, 0.15) is 11.9 Å². The maximum absolute atomic E-state index is 13.7. The summed E-state index contributed by atoms with van der Waals surface area (Å²) >= 11 is 5.91. The Kier molecular flexibility index (Phi) is 6.31. The molecule has 1 aliphatic heterocycles. The highest BCUT2D eigenvalue weighted by atomic mass is 35.5. The van der Waals surface area contributed by atoms with Crippen molar-refractivity contribution < 1.29 is 14.0 Å². The fourth-order valence-corrected chi connectivity index (χ4v) is 4.47. The molecule has 2 aromatic carbocycles. The summed E-state index contributed by atoms with van der Waals surface area (Å²) in [4.78, 5) is 55.2. The van der Waals surface area contributed by atoms with Crippen LogP contribution < -0.4 is 11.2 Å². The Morgan fingerprint density at radius 1 is 1.00 bits per heavy atom. The van der Waals surface area contributed by atoms with Crippen molar-refractivity contribution >= 4 is 34.3 Å². The predicted octanol–water partition coefficient (Wildman–Crippen LogP) is 2.51. The van der Waals surface area contributed by atoms with E-state index in [0.717, 1.165) is 16.2 Å². The molecule has 34 heavy (non-hydrogen) atoms. The van der Waals surface area contributed by atoms with Gasteiger partial charge in [-0.1, -0.05) is 23.2 Å². The molecular weight excluding hydrogens is 463 g/mol. The number of carbonyl (C=O) groups excluding carboxylic acids is 2. The van der Waals surface area contributed by atoms with Crippen molar-refractivity contribution in [3.8, 4) is 5.69 Å². The summed E-state index contributed by atoms with van der Waals surface area (Å²) < 4.78 is 15.9. The number of aryl methyl sites for hydroxylation is 1. The highest BCUT2D eigenvalue weighted by molar-refractivity contribution is 6.30. The van der Waals surface area contributed by atoms with Crippen LogP contribution in [0.1, 0.15) is 25.5 Å². The lowest BCUT2D eigenvalue weighted by atomic mass is 10.1. The van der Waals surface area contributed by atoms with Crippen molar-refractivity contribution in [2.24, 2.45) is 0 Å². The molecular formula is C24H24ClFN4O4. The van der Waals surface area contributed by atoms with Gasteiger partial charge in [-0.2, -0.15) is 0 Å².